The topological polar surface area (TPSA) is 88.2 Å². The summed E-state index contributed by atoms with van der Waals surface area (Å²) in [6.45, 7) is 6.73. The van der Waals surface area contributed by atoms with E-state index in [-0.39, 0.29) is 24.4 Å². The largest absolute Gasteiger partial charge is 0.484 e. The molecule has 0 radical (unpaired) electrons. The van der Waals surface area contributed by atoms with E-state index in [1.807, 2.05) is 20.8 Å². The van der Waals surface area contributed by atoms with Crippen LogP contribution in [-0.4, -0.2) is 41.0 Å². The predicted molar refractivity (Wildman–Crippen MR) is 81.6 cm³/mol. The molecule has 0 heterocycles. The Morgan fingerprint density at radius 2 is 2.00 bits per heavy atom. The van der Waals surface area contributed by atoms with E-state index in [0.29, 0.717) is 11.3 Å². The van der Waals surface area contributed by atoms with Crippen molar-refractivity contribution in [2.75, 3.05) is 13.2 Å². The van der Waals surface area contributed by atoms with Gasteiger partial charge in [-0.15, -0.1) is 0 Å². The first-order valence-corrected chi connectivity index (χ1v) is 6.99. The summed E-state index contributed by atoms with van der Waals surface area (Å²) in [5.74, 6) is 0.567. The van der Waals surface area contributed by atoms with Crippen molar-refractivity contribution in [3.8, 4) is 5.75 Å². The molecular weight excluding hydrogens is 270 g/mol. The molecule has 0 saturated carbocycles. The minimum atomic E-state index is -0.0349. The third-order valence-electron chi connectivity index (χ3n) is 3.03. The first kappa shape index (κ1) is 16.8. The van der Waals surface area contributed by atoms with Gasteiger partial charge in [0, 0.05) is 18.2 Å². The van der Waals surface area contributed by atoms with Gasteiger partial charge in [-0.25, -0.2) is 0 Å². The fraction of sp³-hybridized carbons (Fsp3) is 0.467. The van der Waals surface area contributed by atoms with E-state index in [0.717, 1.165) is 13.0 Å². The van der Waals surface area contributed by atoms with Crippen LogP contribution in [0.25, 0.3) is 0 Å². The van der Waals surface area contributed by atoms with Crippen LogP contribution in [0.1, 0.15) is 32.8 Å². The monoisotopic (exact) mass is 293 g/mol. The van der Waals surface area contributed by atoms with Crippen molar-refractivity contribution >= 4 is 11.7 Å². The van der Waals surface area contributed by atoms with Crippen LogP contribution in [0.2, 0.25) is 0 Å². The number of rotatable bonds is 7. The summed E-state index contributed by atoms with van der Waals surface area (Å²) in [6, 6.07) is 6.85. The number of amidine groups is 1. The van der Waals surface area contributed by atoms with Crippen molar-refractivity contribution in [1.29, 1.82) is 0 Å². The van der Waals surface area contributed by atoms with Gasteiger partial charge in [0.15, 0.2) is 12.4 Å². The quantitative estimate of drug-likeness (QED) is 0.347. The molecule has 0 atom stereocenters. The van der Waals surface area contributed by atoms with E-state index in [1.165, 1.54) is 0 Å². The molecule has 1 aromatic carbocycles. The normalized spacial score (nSPS) is 11.5. The summed E-state index contributed by atoms with van der Waals surface area (Å²) >= 11 is 0. The zero-order chi connectivity index (χ0) is 15.8. The summed E-state index contributed by atoms with van der Waals surface area (Å²) in [7, 11) is 0. The van der Waals surface area contributed by atoms with Crippen LogP contribution in [0.3, 0.4) is 0 Å². The van der Waals surface area contributed by atoms with Gasteiger partial charge < -0.3 is 20.6 Å². The highest BCUT2D eigenvalue weighted by Crippen LogP contribution is 2.12. The van der Waals surface area contributed by atoms with Crippen LogP contribution >= 0.6 is 0 Å². The van der Waals surface area contributed by atoms with Crippen molar-refractivity contribution in [3.63, 3.8) is 0 Å². The second-order valence-electron chi connectivity index (χ2n) is 4.98. The Morgan fingerprint density at radius 3 is 2.48 bits per heavy atom. The summed E-state index contributed by atoms with van der Waals surface area (Å²) in [5.41, 5.74) is 6.06. The zero-order valence-electron chi connectivity index (χ0n) is 12.7. The Balaban J connectivity index is 2.60. The summed E-state index contributed by atoms with van der Waals surface area (Å²) in [4.78, 5) is 13.9. The lowest BCUT2D eigenvalue weighted by Crippen LogP contribution is -2.40. The Morgan fingerprint density at radius 1 is 1.38 bits per heavy atom. The standard InChI is InChI=1S/C15H23N3O3/c1-4-9-18(11(2)3)14(19)10-21-13-7-5-12(6-8-13)15(16)17-20/h5-8,11,20H,4,9-10H2,1-3H3,(H2,16,17). The first-order valence-electron chi connectivity index (χ1n) is 6.99. The lowest BCUT2D eigenvalue weighted by molar-refractivity contribution is -0.135. The number of hydrogen-bond donors (Lipinski definition) is 2. The molecule has 21 heavy (non-hydrogen) atoms. The van der Waals surface area contributed by atoms with Gasteiger partial charge in [0.25, 0.3) is 5.91 Å². The van der Waals surface area contributed by atoms with Gasteiger partial charge >= 0.3 is 0 Å². The highest BCUT2D eigenvalue weighted by molar-refractivity contribution is 5.97. The predicted octanol–water partition coefficient (Wildman–Crippen LogP) is 1.81. The Bertz CT molecular complexity index is 483. The van der Waals surface area contributed by atoms with E-state index < -0.39 is 0 Å². The molecule has 0 unspecified atom stereocenters. The van der Waals surface area contributed by atoms with E-state index in [4.69, 9.17) is 15.7 Å². The van der Waals surface area contributed by atoms with Crippen LogP contribution in [0.5, 0.6) is 5.75 Å². The van der Waals surface area contributed by atoms with Gasteiger partial charge in [-0.1, -0.05) is 12.1 Å². The minimum absolute atomic E-state index is 0.00109. The highest BCUT2D eigenvalue weighted by Gasteiger charge is 2.16. The molecule has 0 saturated heterocycles. The molecule has 0 aliphatic heterocycles. The van der Waals surface area contributed by atoms with Gasteiger partial charge in [-0.2, -0.15) is 0 Å². The van der Waals surface area contributed by atoms with E-state index in [1.54, 1.807) is 29.2 Å². The van der Waals surface area contributed by atoms with Crippen molar-refractivity contribution in [1.82, 2.24) is 4.90 Å². The SMILES string of the molecule is CCCN(C(=O)COc1ccc(/C(N)=N/O)cc1)C(C)C. The average Bonchev–Trinajstić information content (AvgIpc) is 2.49. The molecule has 0 fully saturated rings. The molecule has 1 aromatic rings. The maximum Gasteiger partial charge on any atom is 0.260 e. The fourth-order valence-electron chi connectivity index (χ4n) is 1.92. The molecule has 0 bridgehead atoms. The van der Waals surface area contributed by atoms with Crippen LogP contribution in [0.15, 0.2) is 29.4 Å². The Kier molecular flexibility index (Phi) is 6.52. The summed E-state index contributed by atoms with van der Waals surface area (Å²) in [6.07, 6.45) is 0.915. The van der Waals surface area contributed by atoms with E-state index in [2.05, 4.69) is 5.16 Å². The lowest BCUT2D eigenvalue weighted by Gasteiger charge is -2.26. The zero-order valence-corrected chi connectivity index (χ0v) is 12.7. The molecule has 0 spiro atoms. The molecule has 3 N–H and O–H groups in total. The third-order valence-corrected chi connectivity index (χ3v) is 3.03. The number of nitrogens with zero attached hydrogens (tertiary/aromatic N) is 2. The maximum absolute atomic E-state index is 12.1. The minimum Gasteiger partial charge on any atom is -0.484 e. The van der Waals surface area contributed by atoms with Crippen LogP contribution in [-0.2, 0) is 4.79 Å². The first-order chi connectivity index (χ1) is 9.99. The second-order valence-corrected chi connectivity index (χ2v) is 4.98. The summed E-state index contributed by atoms with van der Waals surface area (Å²) in [5, 5.41) is 11.5. The number of benzene rings is 1. The molecule has 6 nitrogen and oxygen atoms in total. The van der Waals surface area contributed by atoms with Crippen molar-refractivity contribution in [3.05, 3.63) is 29.8 Å². The number of oxime groups is 1. The van der Waals surface area contributed by atoms with Crippen molar-refractivity contribution < 1.29 is 14.7 Å². The molecule has 6 heteroatoms. The van der Waals surface area contributed by atoms with Gasteiger partial charge in [-0.3, -0.25) is 4.79 Å². The Hall–Kier alpha value is -2.24. The van der Waals surface area contributed by atoms with Crippen LogP contribution in [0, 0.1) is 0 Å². The number of nitrogens with two attached hydrogens (primary N) is 1. The van der Waals surface area contributed by atoms with Gasteiger partial charge in [0.1, 0.15) is 5.75 Å². The molecule has 1 amide bonds. The maximum atomic E-state index is 12.1. The lowest BCUT2D eigenvalue weighted by atomic mass is 10.2. The Labute approximate surface area is 125 Å². The van der Waals surface area contributed by atoms with Gasteiger partial charge in [-0.05, 0) is 44.5 Å². The average molecular weight is 293 g/mol. The molecule has 0 aliphatic rings. The number of ether oxygens (including phenoxy) is 1. The molecule has 1 rings (SSSR count). The number of hydrogen-bond acceptors (Lipinski definition) is 4. The highest BCUT2D eigenvalue weighted by atomic mass is 16.5. The van der Waals surface area contributed by atoms with Crippen LogP contribution < -0.4 is 10.5 Å². The van der Waals surface area contributed by atoms with Crippen molar-refractivity contribution in [2.45, 2.75) is 33.2 Å². The molecule has 0 aliphatic carbocycles. The third kappa shape index (κ3) is 4.98. The van der Waals surface area contributed by atoms with Gasteiger partial charge in [0.2, 0.25) is 0 Å². The van der Waals surface area contributed by atoms with Gasteiger partial charge in [0.05, 0.1) is 0 Å². The number of carbonyl (C=O) groups is 1. The smallest absolute Gasteiger partial charge is 0.260 e. The summed E-state index contributed by atoms with van der Waals surface area (Å²) < 4.78 is 5.48. The molecule has 0 aromatic heterocycles. The van der Waals surface area contributed by atoms with E-state index in [9.17, 15) is 4.79 Å². The van der Waals surface area contributed by atoms with E-state index >= 15 is 0 Å². The number of carbonyl (C=O) groups excluding carboxylic acids is 1. The number of amides is 1. The molecular formula is C15H23N3O3. The van der Waals surface area contributed by atoms with Crippen LogP contribution in [0.4, 0.5) is 0 Å². The molecule has 116 valence electrons. The van der Waals surface area contributed by atoms with Crippen molar-refractivity contribution in [2.24, 2.45) is 10.9 Å². The second kappa shape index (κ2) is 8.14. The fourth-order valence-corrected chi connectivity index (χ4v) is 1.92.